The molecule has 2 heterocycles. The zero-order chi connectivity index (χ0) is 15.9. The van der Waals surface area contributed by atoms with Crippen molar-refractivity contribution in [3.63, 3.8) is 0 Å². The molecule has 3 aromatic rings. The third kappa shape index (κ3) is 2.29. The molecule has 0 atom stereocenters. The van der Waals surface area contributed by atoms with Crippen LogP contribution in [0.3, 0.4) is 0 Å². The van der Waals surface area contributed by atoms with Crippen LogP contribution in [0.5, 0.6) is 0 Å². The number of H-pyrrole nitrogens is 1. The van der Waals surface area contributed by atoms with Crippen molar-refractivity contribution < 1.29 is 0 Å². The van der Waals surface area contributed by atoms with Gasteiger partial charge in [-0.2, -0.15) is 0 Å². The van der Waals surface area contributed by atoms with Gasteiger partial charge in [-0.15, -0.1) is 0 Å². The Morgan fingerprint density at radius 2 is 1.86 bits per heavy atom. The van der Waals surface area contributed by atoms with Crippen molar-refractivity contribution in [1.29, 1.82) is 0 Å². The van der Waals surface area contributed by atoms with Gasteiger partial charge in [-0.3, -0.25) is 9.78 Å². The highest BCUT2D eigenvalue weighted by Gasteiger charge is 2.28. The van der Waals surface area contributed by atoms with Crippen LogP contribution in [0.2, 0.25) is 0 Å². The first-order valence-electron chi connectivity index (χ1n) is 6.78. The molecule has 0 saturated carbocycles. The van der Waals surface area contributed by atoms with Crippen LogP contribution >= 0.6 is 15.9 Å². The third-order valence-electron chi connectivity index (χ3n) is 3.72. The number of para-hydroxylation sites is 1. The average molecular weight is 360 g/mol. The van der Waals surface area contributed by atoms with E-state index in [0.717, 1.165) is 4.47 Å². The Bertz CT molecular complexity index is 956. The zero-order valence-electron chi connectivity index (χ0n) is 12.1. The van der Waals surface area contributed by atoms with Gasteiger partial charge in [-0.05, 0) is 54.0 Å². The highest BCUT2D eigenvalue weighted by molar-refractivity contribution is 9.10. The van der Waals surface area contributed by atoms with E-state index in [2.05, 4.69) is 25.9 Å². The van der Waals surface area contributed by atoms with E-state index in [1.165, 1.54) is 4.57 Å². The standard InChI is InChI=1S/C16H14BrN3O2/c1-16(2,13-8-7-10(17)9-18-13)20-14(21)11-5-3-4-6-12(11)19-15(20)22/h3-9H,1-2H3,(H,19,22). The van der Waals surface area contributed by atoms with Crippen molar-refractivity contribution in [3.05, 3.63) is 73.6 Å². The van der Waals surface area contributed by atoms with Crippen LogP contribution in [0.15, 0.2) is 56.7 Å². The van der Waals surface area contributed by atoms with Crippen molar-refractivity contribution in [2.24, 2.45) is 0 Å². The molecule has 3 rings (SSSR count). The minimum absolute atomic E-state index is 0.325. The maximum atomic E-state index is 12.7. The fraction of sp³-hybridized carbons (Fsp3) is 0.188. The first-order chi connectivity index (χ1) is 10.4. The molecule has 0 spiro atoms. The lowest BCUT2D eigenvalue weighted by atomic mass is 9.99. The Morgan fingerprint density at radius 1 is 1.14 bits per heavy atom. The SMILES string of the molecule is CC(C)(c1ccc(Br)cn1)n1c(=O)[nH]c2ccccc2c1=O. The Balaban J connectivity index is 2.31. The fourth-order valence-electron chi connectivity index (χ4n) is 2.52. The molecule has 0 aliphatic carbocycles. The van der Waals surface area contributed by atoms with Gasteiger partial charge in [-0.1, -0.05) is 12.1 Å². The average Bonchev–Trinajstić information content (AvgIpc) is 2.47. The van der Waals surface area contributed by atoms with Gasteiger partial charge in [0.05, 0.1) is 22.1 Å². The summed E-state index contributed by atoms with van der Waals surface area (Å²) in [5.41, 5.74) is -0.463. The first kappa shape index (κ1) is 14.7. The maximum Gasteiger partial charge on any atom is 0.329 e. The van der Waals surface area contributed by atoms with E-state index in [1.54, 1.807) is 50.4 Å². The lowest BCUT2D eigenvalue weighted by Crippen LogP contribution is -2.47. The summed E-state index contributed by atoms with van der Waals surface area (Å²) in [5, 5.41) is 0.479. The number of rotatable bonds is 2. The number of nitrogens with zero attached hydrogens (tertiary/aromatic N) is 2. The van der Waals surface area contributed by atoms with Crippen LogP contribution < -0.4 is 11.2 Å². The largest absolute Gasteiger partial charge is 0.329 e. The second-order valence-corrected chi connectivity index (χ2v) is 6.45. The Kier molecular flexibility index (Phi) is 3.48. The van der Waals surface area contributed by atoms with Gasteiger partial charge in [0.2, 0.25) is 0 Å². The quantitative estimate of drug-likeness (QED) is 0.764. The molecule has 0 saturated heterocycles. The lowest BCUT2D eigenvalue weighted by Gasteiger charge is -2.26. The van der Waals surface area contributed by atoms with Crippen LogP contribution in [-0.4, -0.2) is 14.5 Å². The summed E-state index contributed by atoms with van der Waals surface area (Å²) >= 11 is 3.33. The fourth-order valence-corrected chi connectivity index (χ4v) is 2.76. The van der Waals surface area contributed by atoms with E-state index in [-0.39, 0.29) is 5.56 Å². The Labute approximate surface area is 134 Å². The van der Waals surface area contributed by atoms with Crippen molar-refractivity contribution >= 4 is 26.8 Å². The molecule has 1 N–H and O–H groups in total. The maximum absolute atomic E-state index is 12.7. The summed E-state index contributed by atoms with van der Waals surface area (Å²) in [5.74, 6) is 0. The second-order valence-electron chi connectivity index (χ2n) is 5.54. The second kappa shape index (κ2) is 5.21. The zero-order valence-corrected chi connectivity index (χ0v) is 13.7. The van der Waals surface area contributed by atoms with Gasteiger partial charge in [0.1, 0.15) is 0 Å². The highest BCUT2D eigenvalue weighted by Crippen LogP contribution is 2.22. The number of aromatic nitrogens is 3. The van der Waals surface area contributed by atoms with Crippen molar-refractivity contribution in [2.75, 3.05) is 0 Å². The number of pyridine rings is 1. The van der Waals surface area contributed by atoms with E-state index in [0.29, 0.717) is 16.6 Å². The number of nitrogens with one attached hydrogen (secondary N) is 1. The molecule has 2 aromatic heterocycles. The third-order valence-corrected chi connectivity index (χ3v) is 4.19. The Hall–Kier alpha value is -2.21. The number of fused-ring (bicyclic) bond motifs is 1. The molecule has 112 valence electrons. The minimum Gasteiger partial charge on any atom is -0.307 e. The molecule has 0 fully saturated rings. The van der Waals surface area contributed by atoms with Crippen LogP contribution in [-0.2, 0) is 5.54 Å². The van der Waals surface area contributed by atoms with E-state index in [9.17, 15) is 9.59 Å². The lowest BCUT2D eigenvalue weighted by molar-refractivity contribution is 0.394. The summed E-state index contributed by atoms with van der Waals surface area (Å²) in [6, 6.07) is 10.6. The molecule has 0 radical (unpaired) electrons. The van der Waals surface area contributed by atoms with E-state index < -0.39 is 11.2 Å². The molecule has 1 aromatic carbocycles. The molecular formula is C16H14BrN3O2. The van der Waals surface area contributed by atoms with Gasteiger partial charge in [0.25, 0.3) is 5.56 Å². The number of benzene rings is 1. The topological polar surface area (TPSA) is 67.8 Å². The van der Waals surface area contributed by atoms with Crippen molar-refractivity contribution in [2.45, 2.75) is 19.4 Å². The van der Waals surface area contributed by atoms with Gasteiger partial charge in [-0.25, -0.2) is 9.36 Å². The monoisotopic (exact) mass is 359 g/mol. The molecule has 22 heavy (non-hydrogen) atoms. The molecule has 0 aliphatic heterocycles. The minimum atomic E-state index is -0.866. The predicted molar refractivity (Wildman–Crippen MR) is 89.2 cm³/mol. The van der Waals surface area contributed by atoms with Crippen LogP contribution in [0.25, 0.3) is 10.9 Å². The normalized spacial score (nSPS) is 11.8. The summed E-state index contributed by atoms with van der Waals surface area (Å²) in [7, 11) is 0. The van der Waals surface area contributed by atoms with Gasteiger partial charge >= 0.3 is 5.69 Å². The molecule has 0 aliphatic rings. The molecule has 0 bridgehead atoms. The van der Waals surface area contributed by atoms with Crippen LogP contribution in [0.4, 0.5) is 0 Å². The molecule has 5 nitrogen and oxygen atoms in total. The molecule has 6 heteroatoms. The van der Waals surface area contributed by atoms with Crippen molar-refractivity contribution in [3.8, 4) is 0 Å². The summed E-state index contributed by atoms with van der Waals surface area (Å²) in [6.07, 6.45) is 1.65. The summed E-state index contributed by atoms with van der Waals surface area (Å²) in [4.78, 5) is 32.2. The number of hydrogen-bond acceptors (Lipinski definition) is 3. The van der Waals surface area contributed by atoms with Crippen LogP contribution in [0, 0.1) is 0 Å². The van der Waals surface area contributed by atoms with Gasteiger partial charge < -0.3 is 4.98 Å². The van der Waals surface area contributed by atoms with Gasteiger partial charge in [0, 0.05) is 10.7 Å². The smallest absolute Gasteiger partial charge is 0.307 e. The van der Waals surface area contributed by atoms with E-state index in [1.807, 2.05) is 6.07 Å². The van der Waals surface area contributed by atoms with E-state index >= 15 is 0 Å². The molecular weight excluding hydrogens is 346 g/mol. The highest BCUT2D eigenvalue weighted by atomic mass is 79.9. The van der Waals surface area contributed by atoms with Crippen LogP contribution in [0.1, 0.15) is 19.5 Å². The Morgan fingerprint density at radius 3 is 2.55 bits per heavy atom. The number of aromatic amines is 1. The molecule has 0 unspecified atom stereocenters. The molecule has 0 amide bonds. The summed E-state index contributed by atoms with van der Waals surface area (Å²) < 4.78 is 2.05. The number of hydrogen-bond donors (Lipinski definition) is 1. The summed E-state index contributed by atoms with van der Waals surface area (Å²) in [6.45, 7) is 3.60. The first-order valence-corrected chi connectivity index (χ1v) is 7.57. The van der Waals surface area contributed by atoms with Crippen molar-refractivity contribution in [1.82, 2.24) is 14.5 Å². The predicted octanol–water partition coefficient (Wildman–Crippen LogP) is 2.63. The van der Waals surface area contributed by atoms with E-state index in [4.69, 9.17) is 0 Å². The van der Waals surface area contributed by atoms with Gasteiger partial charge in [0.15, 0.2) is 0 Å². The number of halogens is 1.